The second kappa shape index (κ2) is 15.3. The van der Waals surface area contributed by atoms with Crippen LogP contribution in [0.5, 0.6) is 0 Å². The first-order chi connectivity index (χ1) is 10.3. The molecule has 3 nitrogen and oxygen atoms in total. The molecule has 0 saturated carbocycles. The summed E-state index contributed by atoms with van der Waals surface area (Å²) in [6.45, 7) is 10.9. The van der Waals surface area contributed by atoms with Gasteiger partial charge in [0, 0.05) is 12.0 Å². The van der Waals surface area contributed by atoms with Crippen LogP contribution in [0.4, 0.5) is 0 Å². The first-order valence-corrected chi connectivity index (χ1v) is 9.26. The van der Waals surface area contributed by atoms with Crippen LogP contribution in [-0.2, 0) is 4.79 Å². The van der Waals surface area contributed by atoms with Gasteiger partial charge < -0.3 is 10.8 Å². The van der Waals surface area contributed by atoms with Gasteiger partial charge in [0.05, 0.1) is 0 Å². The van der Waals surface area contributed by atoms with Crippen LogP contribution >= 0.6 is 0 Å². The number of rotatable bonds is 12. The SMILES string of the molecule is CCCCC(C)C(C)(C)N.CCCCCCCCCC(=O)O. The fourth-order valence-corrected chi connectivity index (χ4v) is 2.12. The highest BCUT2D eigenvalue weighted by Crippen LogP contribution is 2.18. The van der Waals surface area contributed by atoms with Gasteiger partial charge >= 0.3 is 5.97 Å². The number of carboxylic acid groups (broad SMARTS) is 1. The zero-order valence-electron chi connectivity index (χ0n) is 15.8. The average molecular weight is 316 g/mol. The van der Waals surface area contributed by atoms with Crippen LogP contribution in [0.25, 0.3) is 0 Å². The Balaban J connectivity index is 0. The molecule has 134 valence electrons. The number of carbonyl (C=O) groups is 1. The lowest BCUT2D eigenvalue weighted by molar-refractivity contribution is -0.137. The summed E-state index contributed by atoms with van der Waals surface area (Å²) in [5.74, 6) is -0.0176. The van der Waals surface area contributed by atoms with Crippen molar-refractivity contribution < 1.29 is 9.90 Å². The van der Waals surface area contributed by atoms with Gasteiger partial charge in [0.1, 0.15) is 0 Å². The van der Waals surface area contributed by atoms with E-state index in [-0.39, 0.29) is 5.54 Å². The van der Waals surface area contributed by atoms with E-state index < -0.39 is 5.97 Å². The number of nitrogens with two attached hydrogens (primary N) is 1. The third kappa shape index (κ3) is 19.4. The molecular weight excluding hydrogens is 274 g/mol. The third-order valence-electron chi connectivity index (χ3n) is 4.26. The standard InChI is InChI=1S/C10H20O2.C9H21N/c1-2-3-4-5-6-7-8-9-10(11)12;1-5-6-7-8(2)9(3,4)10/h2-9H2,1H3,(H,11,12);8H,5-7,10H2,1-4H3. The predicted octanol–water partition coefficient (Wildman–Crippen LogP) is 5.76. The Morgan fingerprint density at radius 3 is 1.82 bits per heavy atom. The van der Waals surface area contributed by atoms with Gasteiger partial charge in [-0.15, -0.1) is 0 Å². The van der Waals surface area contributed by atoms with Crippen LogP contribution in [0.3, 0.4) is 0 Å². The number of unbranched alkanes of at least 4 members (excludes halogenated alkanes) is 7. The molecule has 1 atom stereocenters. The van der Waals surface area contributed by atoms with Crippen molar-refractivity contribution in [2.75, 3.05) is 0 Å². The topological polar surface area (TPSA) is 63.3 Å². The van der Waals surface area contributed by atoms with E-state index in [1.165, 1.54) is 51.4 Å². The monoisotopic (exact) mass is 315 g/mol. The van der Waals surface area contributed by atoms with E-state index in [2.05, 4.69) is 34.6 Å². The van der Waals surface area contributed by atoms with Gasteiger partial charge in [0.25, 0.3) is 0 Å². The van der Waals surface area contributed by atoms with Crippen LogP contribution in [0.15, 0.2) is 0 Å². The lowest BCUT2D eigenvalue weighted by Gasteiger charge is -2.26. The summed E-state index contributed by atoms with van der Waals surface area (Å²) in [7, 11) is 0. The lowest BCUT2D eigenvalue weighted by Crippen LogP contribution is -2.39. The summed E-state index contributed by atoms with van der Waals surface area (Å²) >= 11 is 0. The predicted molar refractivity (Wildman–Crippen MR) is 97.2 cm³/mol. The zero-order valence-corrected chi connectivity index (χ0v) is 15.8. The van der Waals surface area contributed by atoms with Gasteiger partial charge in [0.2, 0.25) is 0 Å². The van der Waals surface area contributed by atoms with E-state index in [1.54, 1.807) is 0 Å². The van der Waals surface area contributed by atoms with E-state index in [1.807, 2.05) is 0 Å². The largest absolute Gasteiger partial charge is 0.481 e. The Kier molecular flexibility index (Phi) is 16.5. The van der Waals surface area contributed by atoms with Crippen LogP contribution in [0.2, 0.25) is 0 Å². The molecule has 0 aromatic rings. The van der Waals surface area contributed by atoms with Crippen molar-refractivity contribution in [2.24, 2.45) is 11.7 Å². The van der Waals surface area contributed by atoms with E-state index in [0.717, 1.165) is 12.8 Å². The highest BCUT2D eigenvalue weighted by molar-refractivity contribution is 5.66. The Morgan fingerprint density at radius 1 is 0.955 bits per heavy atom. The lowest BCUT2D eigenvalue weighted by atomic mass is 9.86. The molecule has 22 heavy (non-hydrogen) atoms. The quantitative estimate of drug-likeness (QED) is 0.450. The molecule has 3 heteroatoms. The van der Waals surface area contributed by atoms with Gasteiger partial charge in [-0.05, 0) is 32.6 Å². The summed E-state index contributed by atoms with van der Waals surface area (Å²) in [6, 6.07) is 0. The Morgan fingerprint density at radius 2 is 1.41 bits per heavy atom. The maximum absolute atomic E-state index is 10.1. The molecule has 0 aliphatic carbocycles. The molecule has 0 aliphatic heterocycles. The van der Waals surface area contributed by atoms with E-state index in [9.17, 15) is 4.79 Å². The molecule has 0 rings (SSSR count). The number of hydrogen-bond acceptors (Lipinski definition) is 2. The van der Waals surface area contributed by atoms with Crippen molar-refractivity contribution in [3.05, 3.63) is 0 Å². The van der Waals surface area contributed by atoms with Gasteiger partial charge in [0.15, 0.2) is 0 Å². The van der Waals surface area contributed by atoms with Crippen LogP contribution < -0.4 is 5.73 Å². The van der Waals surface area contributed by atoms with Crippen LogP contribution in [0.1, 0.15) is 105 Å². The van der Waals surface area contributed by atoms with Crippen molar-refractivity contribution in [3.63, 3.8) is 0 Å². The highest BCUT2D eigenvalue weighted by Gasteiger charge is 2.18. The molecule has 0 aromatic carbocycles. The smallest absolute Gasteiger partial charge is 0.303 e. The molecule has 0 saturated heterocycles. The van der Waals surface area contributed by atoms with Crippen LogP contribution in [0, 0.1) is 5.92 Å². The maximum Gasteiger partial charge on any atom is 0.303 e. The molecule has 0 amide bonds. The molecule has 0 bridgehead atoms. The van der Waals surface area contributed by atoms with Crippen molar-refractivity contribution in [3.8, 4) is 0 Å². The van der Waals surface area contributed by atoms with Crippen molar-refractivity contribution >= 4 is 5.97 Å². The second-order valence-electron chi connectivity index (χ2n) is 7.13. The average Bonchev–Trinajstić information content (AvgIpc) is 2.43. The van der Waals surface area contributed by atoms with Crippen molar-refractivity contribution in [1.29, 1.82) is 0 Å². The van der Waals surface area contributed by atoms with E-state index in [0.29, 0.717) is 12.3 Å². The first-order valence-electron chi connectivity index (χ1n) is 9.26. The summed E-state index contributed by atoms with van der Waals surface area (Å²) in [5.41, 5.74) is 5.93. The summed E-state index contributed by atoms with van der Waals surface area (Å²) in [4.78, 5) is 10.1. The molecule has 1 unspecified atom stereocenters. The molecule has 0 aromatic heterocycles. The van der Waals surface area contributed by atoms with E-state index >= 15 is 0 Å². The molecule has 0 spiro atoms. The number of hydrogen-bond donors (Lipinski definition) is 2. The maximum atomic E-state index is 10.1. The first kappa shape index (κ1) is 23.7. The minimum atomic E-state index is -0.663. The van der Waals surface area contributed by atoms with Gasteiger partial charge in [-0.3, -0.25) is 4.79 Å². The zero-order chi connectivity index (χ0) is 17.4. The molecule has 0 heterocycles. The summed E-state index contributed by atoms with van der Waals surface area (Å²) < 4.78 is 0. The fraction of sp³-hybridized carbons (Fsp3) is 0.947. The Labute approximate surface area is 139 Å². The number of aliphatic carboxylic acids is 1. The minimum Gasteiger partial charge on any atom is -0.481 e. The van der Waals surface area contributed by atoms with Crippen LogP contribution in [-0.4, -0.2) is 16.6 Å². The normalized spacial score (nSPS) is 12.5. The minimum absolute atomic E-state index is 0.00910. The summed E-state index contributed by atoms with van der Waals surface area (Å²) in [6.07, 6.45) is 12.5. The Bertz CT molecular complexity index is 246. The molecule has 3 N–H and O–H groups in total. The molecule has 0 aliphatic rings. The van der Waals surface area contributed by atoms with E-state index in [4.69, 9.17) is 10.8 Å². The Hall–Kier alpha value is -0.570. The van der Waals surface area contributed by atoms with Gasteiger partial charge in [-0.2, -0.15) is 0 Å². The van der Waals surface area contributed by atoms with Crippen molar-refractivity contribution in [2.45, 2.75) is 111 Å². The number of carboxylic acids is 1. The summed E-state index contributed by atoms with van der Waals surface area (Å²) in [5, 5.41) is 8.35. The molecule has 0 fully saturated rings. The van der Waals surface area contributed by atoms with Crippen molar-refractivity contribution in [1.82, 2.24) is 0 Å². The van der Waals surface area contributed by atoms with Gasteiger partial charge in [-0.1, -0.05) is 72.1 Å². The van der Waals surface area contributed by atoms with Gasteiger partial charge in [-0.25, -0.2) is 0 Å². The highest BCUT2D eigenvalue weighted by atomic mass is 16.4. The second-order valence-corrected chi connectivity index (χ2v) is 7.13. The molecule has 0 radical (unpaired) electrons. The molecular formula is C19H41NO2. The fourth-order valence-electron chi connectivity index (χ4n) is 2.12. The third-order valence-corrected chi connectivity index (χ3v) is 4.26.